The smallest absolute Gasteiger partial charge is 0.0677 e. The first-order chi connectivity index (χ1) is 11.7. The Bertz CT molecular complexity index is 560. The molecular formula is C20H30N2O2. The predicted octanol–water partition coefficient (Wildman–Crippen LogP) is 3.19. The summed E-state index contributed by atoms with van der Waals surface area (Å²) in [4.78, 5) is 7.25. The fraction of sp³-hybridized carbons (Fsp3) is 0.750. The average Bonchev–Trinajstić information content (AvgIpc) is 3.39. The first-order valence-electron chi connectivity index (χ1n) is 9.58. The number of hydrogen-bond acceptors (Lipinski definition) is 4. The molecule has 0 radical (unpaired) electrons. The molecule has 0 amide bonds. The lowest BCUT2D eigenvalue weighted by atomic mass is 9.73. The average molecular weight is 330 g/mol. The molecule has 1 saturated carbocycles. The van der Waals surface area contributed by atoms with Crippen molar-refractivity contribution in [1.82, 2.24) is 9.88 Å². The van der Waals surface area contributed by atoms with E-state index in [1.807, 2.05) is 0 Å². The number of aryl methyl sites for hydroxylation is 1. The van der Waals surface area contributed by atoms with Crippen LogP contribution in [0.1, 0.15) is 43.5 Å². The van der Waals surface area contributed by atoms with E-state index in [4.69, 9.17) is 9.47 Å². The van der Waals surface area contributed by atoms with Crippen molar-refractivity contribution in [2.45, 2.75) is 51.7 Å². The van der Waals surface area contributed by atoms with E-state index in [0.29, 0.717) is 6.10 Å². The highest BCUT2D eigenvalue weighted by Crippen LogP contribution is 2.41. The first-order valence-corrected chi connectivity index (χ1v) is 9.58. The second kappa shape index (κ2) is 7.11. The Kier molecular flexibility index (Phi) is 4.88. The predicted molar refractivity (Wildman–Crippen MR) is 93.8 cm³/mol. The quantitative estimate of drug-likeness (QED) is 0.802. The van der Waals surface area contributed by atoms with Gasteiger partial charge in [0.15, 0.2) is 0 Å². The van der Waals surface area contributed by atoms with Crippen LogP contribution >= 0.6 is 0 Å². The lowest BCUT2D eigenvalue weighted by molar-refractivity contribution is -0.154. The van der Waals surface area contributed by atoms with Crippen LogP contribution in [0.15, 0.2) is 18.2 Å². The Morgan fingerprint density at radius 1 is 1.33 bits per heavy atom. The molecule has 0 unspecified atom stereocenters. The van der Waals surface area contributed by atoms with Crippen LogP contribution in [0.2, 0.25) is 0 Å². The summed E-state index contributed by atoms with van der Waals surface area (Å²) in [6, 6.07) is 6.33. The van der Waals surface area contributed by atoms with Gasteiger partial charge in [-0.3, -0.25) is 9.88 Å². The van der Waals surface area contributed by atoms with Gasteiger partial charge in [0.1, 0.15) is 0 Å². The largest absolute Gasteiger partial charge is 0.380 e. The van der Waals surface area contributed by atoms with Gasteiger partial charge in [0, 0.05) is 44.0 Å². The summed E-state index contributed by atoms with van der Waals surface area (Å²) in [5.74, 6) is 0.834. The van der Waals surface area contributed by atoms with Crippen LogP contribution in [0, 0.1) is 18.3 Å². The molecule has 0 N–H and O–H groups in total. The molecule has 3 heterocycles. The van der Waals surface area contributed by atoms with E-state index in [1.54, 1.807) is 0 Å². The molecule has 1 aromatic rings. The summed E-state index contributed by atoms with van der Waals surface area (Å²) < 4.78 is 12.3. The van der Waals surface area contributed by atoms with Crippen molar-refractivity contribution >= 4 is 0 Å². The van der Waals surface area contributed by atoms with Gasteiger partial charge in [-0.15, -0.1) is 0 Å². The molecule has 0 aromatic carbocycles. The minimum absolute atomic E-state index is 0.190. The molecule has 1 aliphatic carbocycles. The van der Waals surface area contributed by atoms with Crippen LogP contribution < -0.4 is 0 Å². The van der Waals surface area contributed by atoms with Gasteiger partial charge >= 0.3 is 0 Å². The van der Waals surface area contributed by atoms with Crippen molar-refractivity contribution < 1.29 is 9.47 Å². The number of ether oxygens (including phenoxy) is 2. The molecule has 2 atom stereocenters. The summed E-state index contributed by atoms with van der Waals surface area (Å²) in [5, 5.41) is 0. The van der Waals surface area contributed by atoms with Crippen molar-refractivity contribution in [3.05, 3.63) is 29.6 Å². The standard InChI is InChI=1S/C20H30N2O2/c1-16-4-2-5-18(21-16)12-22-10-8-19-20(14-22,9-3-11-24-19)15-23-13-17-6-7-17/h2,4-5,17,19H,3,6-15H2,1H3/t19-,20+/m0/s1. The minimum atomic E-state index is 0.190. The normalized spacial score (nSPS) is 31.0. The molecule has 4 rings (SSSR count). The number of fused-ring (bicyclic) bond motifs is 1. The molecule has 3 aliphatic rings. The zero-order chi connectivity index (χ0) is 16.4. The van der Waals surface area contributed by atoms with Crippen molar-refractivity contribution in [3.63, 3.8) is 0 Å². The lowest BCUT2D eigenvalue weighted by Crippen LogP contribution is -2.56. The van der Waals surface area contributed by atoms with Gasteiger partial charge in [0.05, 0.1) is 18.4 Å². The number of nitrogens with zero attached hydrogens (tertiary/aromatic N) is 2. The molecule has 2 saturated heterocycles. The van der Waals surface area contributed by atoms with Crippen LogP contribution in [0.5, 0.6) is 0 Å². The Morgan fingerprint density at radius 3 is 3.08 bits per heavy atom. The van der Waals surface area contributed by atoms with Crippen LogP contribution in [0.3, 0.4) is 0 Å². The van der Waals surface area contributed by atoms with Crippen LogP contribution in [-0.4, -0.2) is 48.9 Å². The summed E-state index contributed by atoms with van der Waals surface area (Å²) in [7, 11) is 0. The van der Waals surface area contributed by atoms with Gasteiger partial charge in [0.2, 0.25) is 0 Å². The molecule has 132 valence electrons. The topological polar surface area (TPSA) is 34.6 Å². The third kappa shape index (κ3) is 3.81. The van der Waals surface area contributed by atoms with Crippen LogP contribution in [-0.2, 0) is 16.0 Å². The Labute approximate surface area is 145 Å². The maximum absolute atomic E-state index is 6.15. The van der Waals surface area contributed by atoms with Gasteiger partial charge in [-0.1, -0.05) is 6.07 Å². The SMILES string of the molecule is Cc1cccc(CN2CC[C@@H]3OCCC[C@]3(COCC3CC3)C2)n1. The lowest BCUT2D eigenvalue weighted by Gasteiger charge is -2.50. The Balaban J connectivity index is 1.41. The molecule has 0 spiro atoms. The second-order valence-corrected chi connectivity index (χ2v) is 8.05. The number of rotatable bonds is 6. The van der Waals surface area contributed by atoms with Crippen LogP contribution in [0.4, 0.5) is 0 Å². The fourth-order valence-corrected chi connectivity index (χ4v) is 4.36. The van der Waals surface area contributed by atoms with E-state index >= 15 is 0 Å². The fourth-order valence-electron chi connectivity index (χ4n) is 4.36. The third-order valence-electron chi connectivity index (χ3n) is 5.84. The highest BCUT2D eigenvalue weighted by Gasteiger charge is 2.46. The van der Waals surface area contributed by atoms with E-state index in [1.165, 1.54) is 31.4 Å². The molecule has 4 heteroatoms. The summed E-state index contributed by atoms with van der Waals surface area (Å²) >= 11 is 0. The zero-order valence-corrected chi connectivity index (χ0v) is 14.9. The number of aromatic nitrogens is 1. The molecule has 24 heavy (non-hydrogen) atoms. The number of pyridine rings is 1. The molecule has 3 fully saturated rings. The summed E-state index contributed by atoms with van der Waals surface area (Å²) in [5.41, 5.74) is 2.47. The molecule has 0 bridgehead atoms. The first kappa shape index (κ1) is 16.5. The van der Waals surface area contributed by atoms with Crippen molar-refractivity contribution in [1.29, 1.82) is 0 Å². The highest BCUT2D eigenvalue weighted by molar-refractivity contribution is 5.10. The highest BCUT2D eigenvalue weighted by atomic mass is 16.5. The monoisotopic (exact) mass is 330 g/mol. The summed E-state index contributed by atoms with van der Waals surface area (Å²) in [6.07, 6.45) is 6.63. The molecular weight excluding hydrogens is 300 g/mol. The van der Waals surface area contributed by atoms with E-state index in [9.17, 15) is 0 Å². The molecule has 1 aromatic heterocycles. The van der Waals surface area contributed by atoms with Crippen molar-refractivity contribution in [2.24, 2.45) is 11.3 Å². The van der Waals surface area contributed by atoms with Crippen molar-refractivity contribution in [2.75, 3.05) is 32.9 Å². The van der Waals surface area contributed by atoms with Gasteiger partial charge < -0.3 is 9.47 Å². The Hall–Kier alpha value is -0.970. The number of piperidine rings is 1. The van der Waals surface area contributed by atoms with Gasteiger partial charge in [-0.25, -0.2) is 0 Å². The third-order valence-corrected chi connectivity index (χ3v) is 5.84. The van der Waals surface area contributed by atoms with Crippen LogP contribution in [0.25, 0.3) is 0 Å². The van der Waals surface area contributed by atoms with Gasteiger partial charge in [-0.2, -0.15) is 0 Å². The van der Waals surface area contributed by atoms with E-state index < -0.39 is 0 Å². The number of likely N-dealkylation sites (tertiary alicyclic amines) is 1. The van der Waals surface area contributed by atoms with E-state index in [-0.39, 0.29) is 5.41 Å². The maximum Gasteiger partial charge on any atom is 0.0677 e. The minimum Gasteiger partial charge on any atom is -0.380 e. The van der Waals surface area contributed by atoms with Gasteiger partial charge in [0.25, 0.3) is 0 Å². The van der Waals surface area contributed by atoms with E-state index in [0.717, 1.165) is 57.5 Å². The number of hydrogen-bond donors (Lipinski definition) is 0. The van der Waals surface area contributed by atoms with Gasteiger partial charge in [-0.05, 0) is 57.1 Å². The summed E-state index contributed by atoms with van der Waals surface area (Å²) in [6.45, 7) is 7.94. The maximum atomic E-state index is 6.15. The Morgan fingerprint density at radius 2 is 2.25 bits per heavy atom. The molecule has 2 aliphatic heterocycles. The second-order valence-electron chi connectivity index (χ2n) is 8.05. The zero-order valence-electron chi connectivity index (χ0n) is 14.9. The molecule has 4 nitrogen and oxygen atoms in total. The van der Waals surface area contributed by atoms with E-state index in [2.05, 4.69) is 35.0 Å². The van der Waals surface area contributed by atoms with Crippen molar-refractivity contribution in [3.8, 4) is 0 Å².